The van der Waals surface area contributed by atoms with Crippen LogP contribution in [-0.4, -0.2) is 28.0 Å². The average molecular weight is 413 g/mol. The van der Waals surface area contributed by atoms with Gasteiger partial charge in [0, 0.05) is 23.7 Å². The normalized spacial score (nSPS) is 19.5. The van der Waals surface area contributed by atoms with E-state index in [-0.39, 0.29) is 18.0 Å². The molecule has 5 nitrogen and oxygen atoms in total. The molecular formula is C26H28N4O. The van der Waals surface area contributed by atoms with Gasteiger partial charge in [-0.25, -0.2) is 9.97 Å². The summed E-state index contributed by atoms with van der Waals surface area (Å²) in [6, 6.07) is 16.5. The number of aromatic nitrogens is 2. The lowest BCUT2D eigenvalue weighted by Crippen LogP contribution is -2.46. The largest absolute Gasteiger partial charge is 0.349 e. The zero-order valence-electron chi connectivity index (χ0n) is 17.7. The molecule has 1 unspecified atom stereocenters. The lowest BCUT2D eigenvalue weighted by molar-refractivity contribution is -0.116. The van der Waals surface area contributed by atoms with Crippen molar-refractivity contribution in [1.29, 1.82) is 0 Å². The lowest BCUT2D eigenvalue weighted by atomic mass is 9.99. The van der Waals surface area contributed by atoms with Gasteiger partial charge in [0.15, 0.2) is 0 Å². The second-order valence-corrected chi connectivity index (χ2v) is 8.15. The molecule has 3 aromatic rings. The Hall–Kier alpha value is -3.39. The minimum atomic E-state index is -0.357. The van der Waals surface area contributed by atoms with E-state index >= 15 is 0 Å². The summed E-state index contributed by atoms with van der Waals surface area (Å²) >= 11 is 0. The van der Waals surface area contributed by atoms with Crippen LogP contribution in [-0.2, 0) is 4.79 Å². The standard InChI is InChI=1S/C26H28N4O/c1-2-25(31)28-23-13-9-4-3-5-10-14-24(23)30-26-27-18-21-17-20(15-16-22(21)29-26)19-11-7-6-8-12-19/h1,6-8,11-12,15-18,23-24H,3-5,9-10,13-14H2,(H,28,31)(H,27,29,30)/t23?,24-/m0/s1. The van der Waals surface area contributed by atoms with E-state index in [1.54, 1.807) is 0 Å². The topological polar surface area (TPSA) is 66.9 Å². The smallest absolute Gasteiger partial charge is 0.295 e. The second-order valence-electron chi connectivity index (χ2n) is 8.15. The SMILES string of the molecule is C#CC(=O)NC1CCCCCCC[C@@H]1Nc1ncc2cc(-c3ccccc3)ccc2n1. The van der Waals surface area contributed by atoms with Gasteiger partial charge in [-0.15, -0.1) is 6.42 Å². The van der Waals surface area contributed by atoms with Gasteiger partial charge in [0.05, 0.1) is 5.52 Å². The van der Waals surface area contributed by atoms with Crippen molar-refractivity contribution < 1.29 is 4.79 Å². The maximum atomic E-state index is 11.9. The number of hydrogen-bond donors (Lipinski definition) is 2. The summed E-state index contributed by atoms with van der Waals surface area (Å²) in [5.41, 5.74) is 3.21. The van der Waals surface area contributed by atoms with Crippen molar-refractivity contribution >= 4 is 22.8 Å². The molecule has 0 radical (unpaired) electrons. The highest BCUT2D eigenvalue weighted by atomic mass is 16.1. The number of hydrogen-bond acceptors (Lipinski definition) is 4. The lowest BCUT2D eigenvalue weighted by Gasteiger charge is -2.28. The summed E-state index contributed by atoms with van der Waals surface area (Å²) < 4.78 is 0. The van der Waals surface area contributed by atoms with Gasteiger partial charge < -0.3 is 10.6 Å². The maximum absolute atomic E-state index is 11.9. The highest BCUT2D eigenvalue weighted by Crippen LogP contribution is 2.25. The molecule has 2 N–H and O–H groups in total. The van der Waals surface area contributed by atoms with Crippen molar-refractivity contribution in [3.05, 3.63) is 54.7 Å². The van der Waals surface area contributed by atoms with Crippen LogP contribution in [0, 0.1) is 12.3 Å². The Morgan fingerprint density at radius 3 is 2.45 bits per heavy atom. The number of terminal acetylenes is 1. The summed E-state index contributed by atoms with van der Waals surface area (Å²) in [6.45, 7) is 0. The van der Waals surface area contributed by atoms with E-state index in [1.807, 2.05) is 30.5 Å². The van der Waals surface area contributed by atoms with Crippen LogP contribution in [0.3, 0.4) is 0 Å². The Bertz CT molecular complexity index is 1070. The van der Waals surface area contributed by atoms with Gasteiger partial charge in [0.1, 0.15) is 0 Å². The first-order valence-corrected chi connectivity index (χ1v) is 11.1. The van der Waals surface area contributed by atoms with E-state index in [1.165, 1.54) is 24.8 Å². The Morgan fingerprint density at radius 1 is 0.935 bits per heavy atom. The van der Waals surface area contributed by atoms with Gasteiger partial charge in [0.2, 0.25) is 5.95 Å². The molecule has 0 bridgehead atoms. The van der Waals surface area contributed by atoms with Crippen LogP contribution >= 0.6 is 0 Å². The molecular weight excluding hydrogens is 384 g/mol. The van der Waals surface area contributed by atoms with Gasteiger partial charge in [-0.2, -0.15) is 0 Å². The number of nitrogens with one attached hydrogen (secondary N) is 2. The summed E-state index contributed by atoms with van der Waals surface area (Å²) in [6.07, 6.45) is 14.8. The van der Waals surface area contributed by atoms with Gasteiger partial charge >= 0.3 is 0 Å². The van der Waals surface area contributed by atoms with Crippen molar-refractivity contribution in [2.24, 2.45) is 0 Å². The zero-order valence-corrected chi connectivity index (χ0v) is 17.7. The molecule has 1 aliphatic carbocycles. The first-order chi connectivity index (χ1) is 15.2. The molecule has 0 aliphatic heterocycles. The molecule has 5 heteroatoms. The van der Waals surface area contributed by atoms with Gasteiger partial charge in [-0.05, 0) is 42.0 Å². The quantitative estimate of drug-likeness (QED) is 0.596. The molecule has 0 saturated heterocycles. The van der Waals surface area contributed by atoms with Crippen molar-refractivity contribution in [2.45, 2.75) is 57.0 Å². The number of anilines is 1. The average Bonchev–Trinajstić information content (AvgIpc) is 2.92. The molecule has 1 saturated carbocycles. The second kappa shape index (κ2) is 10.1. The fraction of sp³-hybridized carbons (Fsp3) is 0.346. The number of fused-ring (bicyclic) bond motifs is 1. The molecule has 31 heavy (non-hydrogen) atoms. The van der Waals surface area contributed by atoms with Crippen molar-refractivity contribution in [3.8, 4) is 23.5 Å². The minimum absolute atomic E-state index is 0.0265. The number of carbonyl (C=O) groups is 1. The summed E-state index contributed by atoms with van der Waals surface area (Å²) in [5, 5.41) is 7.49. The molecule has 1 aliphatic rings. The third-order valence-corrected chi connectivity index (χ3v) is 5.96. The van der Waals surface area contributed by atoms with Crippen molar-refractivity contribution in [2.75, 3.05) is 5.32 Å². The number of rotatable bonds is 4. The minimum Gasteiger partial charge on any atom is -0.349 e. The van der Waals surface area contributed by atoms with E-state index in [4.69, 9.17) is 11.4 Å². The number of benzene rings is 2. The number of nitrogens with zero attached hydrogens (tertiary/aromatic N) is 2. The predicted octanol–water partition coefficient (Wildman–Crippen LogP) is 4.94. The Kier molecular flexibility index (Phi) is 6.78. The highest BCUT2D eigenvalue weighted by molar-refractivity contribution is 5.93. The number of amides is 1. The van der Waals surface area contributed by atoms with Crippen LogP contribution in [0.2, 0.25) is 0 Å². The Morgan fingerprint density at radius 2 is 1.68 bits per heavy atom. The first kappa shape index (κ1) is 20.9. The maximum Gasteiger partial charge on any atom is 0.295 e. The summed E-state index contributed by atoms with van der Waals surface area (Å²) in [4.78, 5) is 21.2. The molecule has 158 valence electrons. The predicted molar refractivity (Wildman–Crippen MR) is 125 cm³/mol. The van der Waals surface area contributed by atoms with Crippen LogP contribution < -0.4 is 10.6 Å². The molecule has 0 spiro atoms. The van der Waals surface area contributed by atoms with Gasteiger partial charge in [-0.1, -0.05) is 68.5 Å². The van der Waals surface area contributed by atoms with E-state index in [9.17, 15) is 4.79 Å². The zero-order chi connectivity index (χ0) is 21.5. The Labute approximate surface area is 183 Å². The molecule has 1 amide bonds. The fourth-order valence-corrected chi connectivity index (χ4v) is 4.30. The summed E-state index contributed by atoms with van der Waals surface area (Å²) in [5.74, 6) is 2.41. The van der Waals surface area contributed by atoms with E-state index in [2.05, 4.69) is 45.8 Å². The molecule has 2 aromatic carbocycles. The van der Waals surface area contributed by atoms with E-state index in [0.29, 0.717) is 5.95 Å². The summed E-state index contributed by atoms with van der Waals surface area (Å²) in [7, 11) is 0. The fourth-order valence-electron chi connectivity index (χ4n) is 4.30. The van der Waals surface area contributed by atoms with E-state index < -0.39 is 0 Å². The van der Waals surface area contributed by atoms with Crippen molar-refractivity contribution in [3.63, 3.8) is 0 Å². The van der Waals surface area contributed by atoms with E-state index in [0.717, 1.165) is 42.1 Å². The van der Waals surface area contributed by atoms with Crippen molar-refractivity contribution in [1.82, 2.24) is 15.3 Å². The van der Waals surface area contributed by atoms with Crippen LogP contribution in [0.15, 0.2) is 54.7 Å². The van der Waals surface area contributed by atoms with Crippen LogP contribution in [0.5, 0.6) is 0 Å². The molecule has 1 aromatic heterocycles. The number of carbonyl (C=O) groups excluding carboxylic acids is 1. The van der Waals surface area contributed by atoms with Gasteiger partial charge in [-0.3, -0.25) is 4.79 Å². The molecule has 1 heterocycles. The van der Waals surface area contributed by atoms with Crippen LogP contribution in [0.1, 0.15) is 44.9 Å². The molecule has 4 rings (SSSR count). The third-order valence-electron chi connectivity index (χ3n) is 5.96. The monoisotopic (exact) mass is 412 g/mol. The Balaban J connectivity index is 1.56. The van der Waals surface area contributed by atoms with Crippen LogP contribution in [0.25, 0.3) is 22.0 Å². The highest BCUT2D eigenvalue weighted by Gasteiger charge is 2.24. The third kappa shape index (κ3) is 5.40. The van der Waals surface area contributed by atoms with Crippen LogP contribution in [0.4, 0.5) is 5.95 Å². The first-order valence-electron chi connectivity index (χ1n) is 11.1. The molecule has 2 atom stereocenters. The molecule has 1 fully saturated rings. The van der Waals surface area contributed by atoms with Gasteiger partial charge in [0.25, 0.3) is 5.91 Å².